The maximum atomic E-state index is 15.3. The van der Waals surface area contributed by atoms with Gasteiger partial charge < -0.3 is 55.6 Å². The number of nitrogens with one attached hydrogen (secondary N) is 3. The Hall–Kier alpha value is -7.15. The molecule has 1 saturated carbocycles. The molecule has 1 unspecified atom stereocenters. The van der Waals surface area contributed by atoms with Crippen molar-refractivity contribution in [2.75, 3.05) is 42.9 Å². The molecule has 1 aliphatic heterocycles. The number of fused-ring (bicyclic) bond motifs is 1. The van der Waals surface area contributed by atoms with E-state index in [1.165, 1.54) is 28.4 Å². The molecule has 4 amide bonds. The predicted octanol–water partition coefficient (Wildman–Crippen LogP) is 3.59. The Bertz CT molecular complexity index is 2360. The summed E-state index contributed by atoms with van der Waals surface area (Å²) in [5.41, 5.74) is 7.20. The van der Waals surface area contributed by atoms with Crippen molar-refractivity contribution in [3.8, 4) is 0 Å². The molecule has 1 saturated heterocycles. The van der Waals surface area contributed by atoms with E-state index < -0.39 is 52.5 Å². The van der Waals surface area contributed by atoms with Gasteiger partial charge in [0.2, 0.25) is 17.7 Å². The minimum absolute atomic E-state index is 0.0245. The smallest absolute Gasteiger partial charge is 0.410 e. The zero-order valence-corrected chi connectivity index (χ0v) is 34.2. The molecule has 328 valence electrons. The number of carbonyl (C=O) groups is 5. The summed E-state index contributed by atoms with van der Waals surface area (Å²) < 4.78 is 27.9. The molecule has 1 aromatic heterocycles. The van der Waals surface area contributed by atoms with E-state index in [1.54, 1.807) is 40.7 Å². The number of piperazine rings is 1. The van der Waals surface area contributed by atoms with Gasteiger partial charge in [0.05, 0.1) is 22.4 Å². The van der Waals surface area contributed by atoms with Crippen LogP contribution in [-0.2, 0) is 38.8 Å². The third-order valence-corrected chi connectivity index (χ3v) is 10.9. The summed E-state index contributed by atoms with van der Waals surface area (Å²) >= 11 is 0. The van der Waals surface area contributed by atoms with Gasteiger partial charge in [0.25, 0.3) is 0 Å². The minimum atomic E-state index is -1.38. The third kappa shape index (κ3) is 10.8. The summed E-state index contributed by atoms with van der Waals surface area (Å²) in [6.45, 7) is 3.55. The summed E-state index contributed by atoms with van der Waals surface area (Å²) in [5.74, 6) is 3.90. The van der Waals surface area contributed by atoms with E-state index in [0.29, 0.717) is 55.5 Å². The van der Waals surface area contributed by atoms with Crippen molar-refractivity contribution >= 4 is 52.8 Å². The predicted molar refractivity (Wildman–Crippen MR) is 227 cm³/mol. The Balaban J connectivity index is 1.01. The van der Waals surface area contributed by atoms with Gasteiger partial charge in [-0.1, -0.05) is 42.5 Å². The van der Waals surface area contributed by atoms with Crippen LogP contribution < -0.4 is 37.9 Å². The average Bonchev–Trinajstić information content (AvgIpc) is 4.06. The van der Waals surface area contributed by atoms with Crippen molar-refractivity contribution in [2.24, 2.45) is 11.6 Å². The highest BCUT2D eigenvalue weighted by Gasteiger charge is 2.47. The fourth-order valence-electron chi connectivity index (χ4n) is 7.14. The Labute approximate surface area is 356 Å². The van der Waals surface area contributed by atoms with Crippen molar-refractivity contribution in [3.05, 3.63) is 118 Å². The number of halogens is 1. The number of ether oxygens (including phenoxy) is 2. The van der Waals surface area contributed by atoms with Crippen molar-refractivity contribution < 1.29 is 42.9 Å². The standard InChI is InChI=1S/C43H50FN9O9/c1-2-50-23-32(40(57)58)38(55)31-21-33(44)36(22-35(31)50)51-17-19-52(20-18-51)42(60)62-26-29-10-12-30(13-11-29)48-39(56)34(9-6-16-47-27-54)53(46)24-37(45)43(14-15-43)49-41(59)61-25-28-7-4-3-5-8-28/h3-5,7-8,10-13,21-24,27,34H,2,6,9,14-20,25-26,45-46H2,1H3,(H,47,54)(H,48,56)(H,49,59)(H,57,58)/b37-24-. The molecular formula is C43H50FN9O9. The third-order valence-electron chi connectivity index (χ3n) is 10.9. The molecule has 0 spiro atoms. The van der Waals surface area contributed by atoms with Crippen LogP contribution >= 0.6 is 0 Å². The van der Waals surface area contributed by atoms with Crippen LogP contribution in [0.25, 0.3) is 10.9 Å². The van der Waals surface area contributed by atoms with Gasteiger partial charge in [0, 0.05) is 62.7 Å². The number of aryl methyl sites for hydroxylation is 1. The van der Waals surface area contributed by atoms with E-state index in [-0.39, 0.29) is 62.6 Å². The molecular weight excluding hydrogens is 806 g/mol. The van der Waals surface area contributed by atoms with Gasteiger partial charge in [-0.05, 0) is 68.0 Å². The van der Waals surface area contributed by atoms with Gasteiger partial charge in [0.15, 0.2) is 0 Å². The van der Waals surface area contributed by atoms with Crippen LogP contribution in [0.5, 0.6) is 0 Å². The van der Waals surface area contributed by atoms with Gasteiger partial charge in [0.1, 0.15) is 30.6 Å². The second-order valence-electron chi connectivity index (χ2n) is 15.0. The number of carboxylic acid groups (broad SMARTS) is 1. The molecule has 6 rings (SSSR count). The van der Waals surface area contributed by atoms with Gasteiger partial charge in [-0.3, -0.25) is 14.4 Å². The first-order valence-corrected chi connectivity index (χ1v) is 20.2. The first kappa shape index (κ1) is 44.4. The number of carboxylic acids is 1. The van der Waals surface area contributed by atoms with E-state index in [0.717, 1.165) is 11.6 Å². The molecule has 2 heterocycles. The van der Waals surface area contributed by atoms with Crippen LogP contribution in [0.4, 0.5) is 25.4 Å². The molecule has 0 radical (unpaired) electrons. The highest BCUT2D eigenvalue weighted by Crippen LogP contribution is 2.40. The van der Waals surface area contributed by atoms with Gasteiger partial charge >= 0.3 is 18.2 Å². The number of alkyl carbamates (subject to hydrolysis) is 1. The lowest BCUT2D eigenvalue weighted by Crippen LogP contribution is -2.49. The van der Waals surface area contributed by atoms with Crippen LogP contribution in [0.1, 0.15) is 54.1 Å². The molecule has 3 aromatic carbocycles. The number of amides is 4. The van der Waals surface area contributed by atoms with Crippen molar-refractivity contribution in [3.63, 3.8) is 0 Å². The molecule has 2 fully saturated rings. The number of aromatic nitrogens is 1. The van der Waals surface area contributed by atoms with E-state index in [4.69, 9.17) is 21.1 Å². The first-order chi connectivity index (χ1) is 29.8. The number of pyridine rings is 1. The number of carbonyl (C=O) groups excluding carboxylic acids is 4. The van der Waals surface area contributed by atoms with E-state index in [1.807, 2.05) is 30.3 Å². The maximum absolute atomic E-state index is 15.3. The van der Waals surface area contributed by atoms with Gasteiger partial charge in [-0.15, -0.1) is 0 Å². The van der Waals surface area contributed by atoms with E-state index >= 15 is 4.39 Å². The fourth-order valence-corrected chi connectivity index (χ4v) is 7.14. The van der Waals surface area contributed by atoms with Crippen LogP contribution in [0.2, 0.25) is 0 Å². The topological polar surface area (TPSA) is 244 Å². The summed E-state index contributed by atoms with van der Waals surface area (Å²) in [6.07, 6.45) is 3.84. The average molecular weight is 856 g/mol. The van der Waals surface area contributed by atoms with Crippen LogP contribution in [-0.4, -0.2) is 94.4 Å². The lowest BCUT2D eigenvalue weighted by Gasteiger charge is -2.35. The molecule has 19 heteroatoms. The maximum Gasteiger partial charge on any atom is 0.410 e. The molecule has 8 N–H and O–H groups in total. The largest absolute Gasteiger partial charge is 0.477 e. The highest BCUT2D eigenvalue weighted by atomic mass is 19.1. The van der Waals surface area contributed by atoms with Crippen LogP contribution in [0.3, 0.4) is 0 Å². The minimum Gasteiger partial charge on any atom is -0.477 e. The number of nitrogens with two attached hydrogens (primary N) is 2. The number of benzene rings is 3. The molecule has 1 aliphatic carbocycles. The second kappa shape index (κ2) is 19.9. The van der Waals surface area contributed by atoms with E-state index in [2.05, 4.69) is 16.0 Å². The second-order valence-corrected chi connectivity index (χ2v) is 15.0. The lowest BCUT2D eigenvalue weighted by atomic mass is 10.1. The van der Waals surface area contributed by atoms with Crippen molar-refractivity contribution in [2.45, 2.75) is 63.9 Å². The Morgan fingerprint density at radius 2 is 1.66 bits per heavy atom. The lowest BCUT2D eigenvalue weighted by molar-refractivity contribution is -0.120. The quantitative estimate of drug-likeness (QED) is 0.0363. The highest BCUT2D eigenvalue weighted by molar-refractivity contribution is 5.95. The number of nitrogens with zero attached hydrogens (tertiary/aromatic N) is 4. The normalized spacial score (nSPS) is 15.0. The Morgan fingerprint density at radius 1 is 0.984 bits per heavy atom. The summed E-state index contributed by atoms with van der Waals surface area (Å²) in [5, 5.41) is 18.8. The van der Waals surface area contributed by atoms with Crippen molar-refractivity contribution in [1.29, 1.82) is 0 Å². The molecule has 62 heavy (non-hydrogen) atoms. The van der Waals surface area contributed by atoms with Crippen LogP contribution in [0.15, 0.2) is 89.6 Å². The SMILES string of the molecule is CCn1cc(C(=O)O)c(=O)c2cc(F)c(N3CCN(C(=O)OCc4ccc(NC(=O)C(CCCNC=O)N(N)/C=C(\N)C5(NC(=O)OCc6ccccc6)CC5)cc4)CC3)cc21. The summed E-state index contributed by atoms with van der Waals surface area (Å²) in [6, 6.07) is 17.6. The first-order valence-electron chi connectivity index (χ1n) is 20.2. The molecule has 1 atom stereocenters. The fraction of sp³-hybridized carbons (Fsp3) is 0.349. The van der Waals surface area contributed by atoms with Gasteiger partial charge in [-0.25, -0.2) is 24.6 Å². The van der Waals surface area contributed by atoms with Crippen molar-refractivity contribution in [1.82, 2.24) is 25.1 Å². The van der Waals surface area contributed by atoms with Gasteiger partial charge in [-0.2, -0.15) is 0 Å². The number of hydrogen-bond acceptors (Lipinski definition) is 12. The molecule has 2 aliphatic rings. The zero-order chi connectivity index (χ0) is 44.4. The molecule has 4 aromatic rings. The zero-order valence-electron chi connectivity index (χ0n) is 34.2. The Morgan fingerprint density at radius 3 is 2.31 bits per heavy atom. The number of anilines is 2. The molecule has 18 nitrogen and oxygen atoms in total. The van der Waals surface area contributed by atoms with Crippen LogP contribution in [0, 0.1) is 5.82 Å². The number of hydrogen-bond donors (Lipinski definition) is 6. The Kier molecular flexibility index (Phi) is 14.3. The summed E-state index contributed by atoms with van der Waals surface area (Å²) in [7, 11) is 0. The van der Waals surface area contributed by atoms with E-state index in [9.17, 15) is 33.9 Å². The monoisotopic (exact) mass is 855 g/mol. The summed E-state index contributed by atoms with van der Waals surface area (Å²) in [4.78, 5) is 77.6. The molecule has 0 bridgehead atoms. The number of hydrazine groups is 1. The number of aromatic carboxylic acids is 1. The number of rotatable bonds is 18.